The number of hydrogen-bond donors (Lipinski definition) is 0. The van der Waals surface area contributed by atoms with Crippen molar-refractivity contribution in [2.45, 2.75) is 64.7 Å². The Bertz CT molecular complexity index is 340. The molecule has 1 saturated carbocycles. The lowest BCUT2D eigenvalue weighted by atomic mass is 9.82. The molecule has 0 spiro atoms. The van der Waals surface area contributed by atoms with Crippen molar-refractivity contribution in [1.82, 2.24) is 5.16 Å². The third-order valence-corrected chi connectivity index (χ3v) is 3.38. The molecule has 15 heavy (non-hydrogen) atoms. The van der Waals surface area contributed by atoms with Crippen LogP contribution in [0, 0.1) is 6.92 Å². The Morgan fingerprint density at radius 3 is 2.33 bits per heavy atom. The van der Waals surface area contributed by atoms with Crippen molar-refractivity contribution >= 4 is 0 Å². The van der Waals surface area contributed by atoms with Crippen LogP contribution in [0.3, 0.4) is 0 Å². The first-order valence-electron chi connectivity index (χ1n) is 5.97. The van der Waals surface area contributed by atoms with Gasteiger partial charge in [-0.3, -0.25) is 0 Å². The van der Waals surface area contributed by atoms with Gasteiger partial charge in [0.25, 0.3) is 0 Å². The molecule has 1 aliphatic rings. The average Bonchev–Trinajstić information content (AvgIpc) is 2.68. The maximum absolute atomic E-state index is 5.38. The third-order valence-electron chi connectivity index (χ3n) is 3.38. The molecule has 2 rings (SSSR count). The number of aromatic nitrogens is 1. The molecule has 1 aliphatic carbocycles. The highest BCUT2D eigenvalue weighted by molar-refractivity contribution is 5.32. The molecule has 2 heteroatoms. The first-order chi connectivity index (χ1) is 7.00. The summed E-state index contributed by atoms with van der Waals surface area (Å²) in [5.74, 6) is 1.65. The normalized spacial score (nSPS) is 18.7. The minimum Gasteiger partial charge on any atom is -0.361 e. The molecule has 0 saturated heterocycles. The third kappa shape index (κ3) is 1.95. The number of rotatable bonds is 1. The van der Waals surface area contributed by atoms with Gasteiger partial charge in [-0.1, -0.05) is 38.8 Å². The summed E-state index contributed by atoms with van der Waals surface area (Å²) >= 11 is 0. The zero-order valence-corrected chi connectivity index (χ0v) is 10.3. The molecule has 0 bridgehead atoms. The van der Waals surface area contributed by atoms with Crippen molar-refractivity contribution in [2.24, 2.45) is 0 Å². The van der Waals surface area contributed by atoms with Crippen LogP contribution in [0.25, 0.3) is 0 Å². The Morgan fingerprint density at radius 1 is 1.20 bits per heavy atom. The first kappa shape index (κ1) is 10.7. The summed E-state index contributed by atoms with van der Waals surface area (Å²) in [5, 5.41) is 4.29. The van der Waals surface area contributed by atoms with Gasteiger partial charge >= 0.3 is 0 Å². The topological polar surface area (TPSA) is 26.0 Å². The SMILES string of the molecule is Cc1onc(C2CCCC2)c1C(C)(C)C. The molecule has 0 N–H and O–H groups in total. The predicted molar refractivity (Wildman–Crippen MR) is 61.1 cm³/mol. The lowest BCUT2D eigenvalue weighted by molar-refractivity contribution is 0.383. The summed E-state index contributed by atoms with van der Waals surface area (Å²) in [7, 11) is 0. The van der Waals surface area contributed by atoms with E-state index in [1.54, 1.807) is 0 Å². The van der Waals surface area contributed by atoms with Crippen molar-refractivity contribution < 1.29 is 4.52 Å². The van der Waals surface area contributed by atoms with Gasteiger partial charge in [0.15, 0.2) is 0 Å². The monoisotopic (exact) mass is 207 g/mol. The van der Waals surface area contributed by atoms with Crippen LogP contribution in [0.2, 0.25) is 0 Å². The van der Waals surface area contributed by atoms with Crippen LogP contribution >= 0.6 is 0 Å². The largest absolute Gasteiger partial charge is 0.361 e. The molecule has 1 heterocycles. The van der Waals surface area contributed by atoms with Crippen LogP contribution in [-0.4, -0.2) is 5.16 Å². The van der Waals surface area contributed by atoms with E-state index >= 15 is 0 Å². The Hall–Kier alpha value is -0.790. The highest BCUT2D eigenvalue weighted by Crippen LogP contribution is 2.40. The highest BCUT2D eigenvalue weighted by Gasteiger charge is 2.30. The van der Waals surface area contributed by atoms with E-state index in [0.29, 0.717) is 5.92 Å². The van der Waals surface area contributed by atoms with E-state index in [1.807, 2.05) is 6.92 Å². The standard InChI is InChI=1S/C13H21NO/c1-9-11(13(2,3)4)12(14-15-9)10-7-5-6-8-10/h10H,5-8H2,1-4H3. The van der Waals surface area contributed by atoms with E-state index in [1.165, 1.54) is 36.9 Å². The summed E-state index contributed by atoms with van der Waals surface area (Å²) in [5.41, 5.74) is 2.73. The molecule has 1 aromatic heterocycles. The van der Waals surface area contributed by atoms with Crippen LogP contribution in [-0.2, 0) is 5.41 Å². The molecule has 0 aromatic carbocycles. The van der Waals surface area contributed by atoms with Crippen LogP contribution in [0.4, 0.5) is 0 Å². The maximum Gasteiger partial charge on any atom is 0.137 e. The van der Waals surface area contributed by atoms with Crippen molar-refractivity contribution in [3.8, 4) is 0 Å². The van der Waals surface area contributed by atoms with E-state index in [9.17, 15) is 0 Å². The highest BCUT2D eigenvalue weighted by atomic mass is 16.5. The molecule has 1 fully saturated rings. The van der Waals surface area contributed by atoms with Gasteiger partial charge in [-0.2, -0.15) is 0 Å². The second-order valence-electron chi connectivity index (χ2n) is 5.73. The maximum atomic E-state index is 5.38. The Kier molecular flexibility index (Phi) is 2.61. The summed E-state index contributed by atoms with van der Waals surface area (Å²) in [4.78, 5) is 0. The number of hydrogen-bond acceptors (Lipinski definition) is 2. The van der Waals surface area contributed by atoms with Crippen molar-refractivity contribution in [3.05, 3.63) is 17.0 Å². The van der Waals surface area contributed by atoms with Crippen LogP contribution in [0.15, 0.2) is 4.52 Å². The molecule has 2 nitrogen and oxygen atoms in total. The van der Waals surface area contributed by atoms with Crippen LogP contribution in [0.1, 0.15) is 69.4 Å². The Labute approximate surface area is 92.0 Å². The molecule has 1 aromatic rings. The van der Waals surface area contributed by atoms with Gasteiger partial charge in [-0.15, -0.1) is 0 Å². The van der Waals surface area contributed by atoms with E-state index in [-0.39, 0.29) is 5.41 Å². The minimum absolute atomic E-state index is 0.155. The molecule has 84 valence electrons. The lowest BCUT2D eigenvalue weighted by Crippen LogP contribution is -2.15. The summed E-state index contributed by atoms with van der Waals surface area (Å²) < 4.78 is 5.38. The summed E-state index contributed by atoms with van der Waals surface area (Å²) in [6.45, 7) is 8.76. The Morgan fingerprint density at radius 2 is 1.80 bits per heavy atom. The quantitative estimate of drug-likeness (QED) is 0.697. The molecule has 0 amide bonds. The number of nitrogens with zero attached hydrogens (tertiary/aromatic N) is 1. The molecular formula is C13H21NO. The van der Waals surface area contributed by atoms with Crippen molar-refractivity contribution in [1.29, 1.82) is 0 Å². The van der Waals surface area contributed by atoms with Gasteiger partial charge in [0.05, 0.1) is 5.69 Å². The second kappa shape index (κ2) is 3.66. The van der Waals surface area contributed by atoms with Crippen LogP contribution < -0.4 is 0 Å². The Balaban J connectivity index is 2.39. The molecule has 0 radical (unpaired) electrons. The van der Waals surface area contributed by atoms with Crippen molar-refractivity contribution in [2.75, 3.05) is 0 Å². The van der Waals surface area contributed by atoms with Gasteiger partial charge in [-0.25, -0.2) is 0 Å². The fourth-order valence-corrected chi connectivity index (χ4v) is 2.78. The predicted octanol–water partition coefficient (Wildman–Crippen LogP) is 3.94. The zero-order valence-electron chi connectivity index (χ0n) is 10.3. The van der Waals surface area contributed by atoms with Gasteiger partial charge in [-0.05, 0) is 25.2 Å². The van der Waals surface area contributed by atoms with E-state index < -0.39 is 0 Å². The van der Waals surface area contributed by atoms with Crippen molar-refractivity contribution in [3.63, 3.8) is 0 Å². The number of aryl methyl sites for hydroxylation is 1. The smallest absolute Gasteiger partial charge is 0.137 e. The average molecular weight is 207 g/mol. The summed E-state index contributed by atoms with van der Waals surface area (Å²) in [6, 6.07) is 0. The second-order valence-corrected chi connectivity index (χ2v) is 5.73. The fourth-order valence-electron chi connectivity index (χ4n) is 2.78. The van der Waals surface area contributed by atoms with Crippen LogP contribution in [0.5, 0.6) is 0 Å². The van der Waals surface area contributed by atoms with Gasteiger partial charge in [0.1, 0.15) is 5.76 Å². The fraction of sp³-hybridized carbons (Fsp3) is 0.769. The van der Waals surface area contributed by atoms with E-state index in [4.69, 9.17) is 4.52 Å². The van der Waals surface area contributed by atoms with Gasteiger partial charge in [0.2, 0.25) is 0 Å². The lowest BCUT2D eigenvalue weighted by Gasteiger charge is -2.20. The van der Waals surface area contributed by atoms with Gasteiger partial charge in [0, 0.05) is 11.5 Å². The van der Waals surface area contributed by atoms with Gasteiger partial charge < -0.3 is 4.52 Å². The molecular weight excluding hydrogens is 186 g/mol. The summed E-state index contributed by atoms with van der Waals surface area (Å²) in [6.07, 6.45) is 5.27. The van der Waals surface area contributed by atoms with E-state index in [2.05, 4.69) is 25.9 Å². The first-order valence-corrected chi connectivity index (χ1v) is 5.97. The molecule has 0 atom stereocenters. The zero-order chi connectivity index (χ0) is 11.1. The molecule has 0 aliphatic heterocycles. The van der Waals surface area contributed by atoms with E-state index in [0.717, 1.165) is 5.76 Å². The molecule has 0 unspecified atom stereocenters. The minimum atomic E-state index is 0.155.